The van der Waals surface area contributed by atoms with Crippen molar-refractivity contribution in [1.29, 1.82) is 0 Å². The molecule has 0 saturated carbocycles. The Kier molecular flexibility index (Phi) is 5.08. The molecule has 0 unspecified atom stereocenters. The predicted molar refractivity (Wildman–Crippen MR) is 78.8 cm³/mol. The minimum Gasteiger partial charge on any atom is -0.453 e. The fraction of sp³-hybridized carbons (Fsp3) is 0.462. The van der Waals surface area contributed by atoms with Crippen LogP contribution in [0.4, 0.5) is 4.79 Å². The maximum absolute atomic E-state index is 12.6. The highest BCUT2D eigenvalue weighted by Crippen LogP contribution is 2.25. The molecular formula is C13H17ClN2O4S. The molecule has 1 aromatic rings. The summed E-state index contributed by atoms with van der Waals surface area (Å²) in [5.74, 6) is 0. The van der Waals surface area contributed by atoms with Gasteiger partial charge in [-0.2, -0.15) is 4.31 Å². The van der Waals surface area contributed by atoms with Crippen LogP contribution >= 0.6 is 11.6 Å². The minimum absolute atomic E-state index is 0.0955. The first-order valence-corrected chi connectivity index (χ1v) is 8.36. The smallest absolute Gasteiger partial charge is 0.409 e. The van der Waals surface area contributed by atoms with Crippen molar-refractivity contribution in [3.05, 3.63) is 29.3 Å². The zero-order valence-electron chi connectivity index (χ0n) is 11.7. The van der Waals surface area contributed by atoms with Gasteiger partial charge in [-0.15, -0.1) is 0 Å². The lowest BCUT2D eigenvalue weighted by Gasteiger charge is -2.21. The highest BCUT2D eigenvalue weighted by Gasteiger charge is 2.29. The Balaban J connectivity index is 2.19. The average molecular weight is 333 g/mol. The molecule has 1 amide bonds. The molecule has 8 heteroatoms. The lowest BCUT2D eigenvalue weighted by molar-refractivity contribution is 0.126. The third-order valence-corrected chi connectivity index (χ3v) is 5.74. The van der Waals surface area contributed by atoms with Crippen molar-refractivity contribution in [3.8, 4) is 0 Å². The highest BCUT2D eigenvalue weighted by atomic mass is 35.5. The van der Waals surface area contributed by atoms with Crippen molar-refractivity contribution in [1.82, 2.24) is 9.21 Å². The van der Waals surface area contributed by atoms with Crippen LogP contribution in [0.1, 0.15) is 6.42 Å². The van der Waals surface area contributed by atoms with Gasteiger partial charge in [-0.25, -0.2) is 13.2 Å². The van der Waals surface area contributed by atoms with E-state index in [4.69, 9.17) is 11.6 Å². The largest absolute Gasteiger partial charge is 0.453 e. The molecule has 0 aromatic heterocycles. The van der Waals surface area contributed by atoms with Crippen LogP contribution in [0.25, 0.3) is 0 Å². The number of hydrogen-bond donors (Lipinski definition) is 0. The van der Waals surface area contributed by atoms with Gasteiger partial charge in [0.25, 0.3) is 0 Å². The molecule has 116 valence electrons. The van der Waals surface area contributed by atoms with E-state index < -0.39 is 16.1 Å². The monoisotopic (exact) mass is 332 g/mol. The summed E-state index contributed by atoms with van der Waals surface area (Å²) in [5.41, 5.74) is 0. The van der Waals surface area contributed by atoms with Crippen molar-refractivity contribution in [3.63, 3.8) is 0 Å². The van der Waals surface area contributed by atoms with E-state index in [1.807, 2.05) is 0 Å². The number of ether oxygens (including phenoxy) is 1. The third kappa shape index (κ3) is 3.48. The van der Waals surface area contributed by atoms with Crippen molar-refractivity contribution >= 4 is 27.7 Å². The molecule has 1 aliphatic heterocycles. The fourth-order valence-electron chi connectivity index (χ4n) is 2.24. The Bertz CT molecular complexity index is 620. The second-order valence-corrected chi connectivity index (χ2v) is 6.96. The van der Waals surface area contributed by atoms with E-state index in [2.05, 4.69) is 4.74 Å². The second kappa shape index (κ2) is 6.64. The van der Waals surface area contributed by atoms with E-state index in [9.17, 15) is 13.2 Å². The van der Waals surface area contributed by atoms with Crippen molar-refractivity contribution in [2.24, 2.45) is 0 Å². The number of carbonyl (C=O) groups is 1. The van der Waals surface area contributed by atoms with Gasteiger partial charge in [-0.3, -0.25) is 0 Å². The zero-order chi connectivity index (χ0) is 15.5. The summed E-state index contributed by atoms with van der Waals surface area (Å²) in [5, 5.41) is 0.201. The molecule has 0 bridgehead atoms. The lowest BCUT2D eigenvalue weighted by atomic mass is 10.4. The first kappa shape index (κ1) is 16.1. The van der Waals surface area contributed by atoms with Crippen LogP contribution < -0.4 is 0 Å². The molecule has 0 N–H and O–H groups in total. The Hall–Kier alpha value is -1.31. The molecule has 0 atom stereocenters. The first-order chi connectivity index (χ1) is 9.96. The normalized spacial score (nSPS) is 17.3. The third-order valence-electron chi connectivity index (χ3n) is 3.34. The fourth-order valence-corrected chi connectivity index (χ4v) is 4.20. The number of halogens is 1. The molecule has 1 saturated heterocycles. The summed E-state index contributed by atoms with van der Waals surface area (Å²) in [6, 6.07) is 6.35. The molecule has 1 heterocycles. The van der Waals surface area contributed by atoms with E-state index in [-0.39, 0.29) is 16.5 Å². The number of carbonyl (C=O) groups excluding carboxylic acids is 1. The molecule has 6 nitrogen and oxygen atoms in total. The highest BCUT2D eigenvalue weighted by molar-refractivity contribution is 7.89. The summed E-state index contributed by atoms with van der Waals surface area (Å²) in [4.78, 5) is 13.1. The maximum atomic E-state index is 12.6. The predicted octanol–water partition coefficient (Wildman–Crippen LogP) is 1.80. The Morgan fingerprint density at radius 3 is 2.57 bits per heavy atom. The minimum atomic E-state index is -3.65. The average Bonchev–Trinajstić information content (AvgIpc) is 2.73. The zero-order valence-corrected chi connectivity index (χ0v) is 13.2. The number of hydrogen-bond acceptors (Lipinski definition) is 4. The van der Waals surface area contributed by atoms with E-state index in [0.717, 1.165) is 0 Å². The summed E-state index contributed by atoms with van der Waals surface area (Å²) in [6.45, 7) is 1.35. The first-order valence-electron chi connectivity index (χ1n) is 6.54. The van der Waals surface area contributed by atoms with Crippen molar-refractivity contribution in [2.45, 2.75) is 11.3 Å². The quantitative estimate of drug-likeness (QED) is 0.828. The summed E-state index contributed by atoms with van der Waals surface area (Å²) in [6.07, 6.45) is 0.116. The van der Waals surface area contributed by atoms with E-state index in [1.165, 1.54) is 22.4 Å². The number of amides is 1. The van der Waals surface area contributed by atoms with Crippen molar-refractivity contribution < 1.29 is 17.9 Å². The van der Waals surface area contributed by atoms with Crippen LogP contribution in [0.2, 0.25) is 5.02 Å². The van der Waals surface area contributed by atoms with Gasteiger partial charge in [0, 0.05) is 26.2 Å². The van der Waals surface area contributed by atoms with E-state index in [0.29, 0.717) is 26.1 Å². The lowest BCUT2D eigenvalue weighted by Crippen LogP contribution is -2.37. The van der Waals surface area contributed by atoms with Gasteiger partial charge < -0.3 is 9.64 Å². The molecule has 0 radical (unpaired) electrons. The molecular weight excluding hydrogens is 316 g/mol. The van der Waals surface area contributed by atoms with E-state index in [1.54, 1.807) is 18.2 Å². The summed E-state index contributed by atoms with van der Waals surface area (Å²) >= 11 is 5.98. The van der Waals surface area contributed by atoms with Crippen molar-refractivity contribution in [2.75, 3.05) is 33.3 Å². The maximum Gasteiger partial charge on any atom is 0.409 e. The number of rotatable bonds is 2. The Morgan fingerprint density at radius 1 is 1.19 bits per heavy atom. The number of methoxy groups -OCH3 is 1. The summed E-state index contributed by atoms with van der Waals surface area (Å²) < 4.78 is 31.3. The number of benzene rings is 1. The number of nitrogens with zero attached hydrogens (tertiary/aromatic N) is 2. The topological polar surface area (TPSA) is 66.9 Å². The van der Waals surface area contributed by atoms with Gasteiger partial charge in [0.2, 0.25) is 10.0 Å². The molecule has 2 rings (SSSR count). The molecule has 1 aliphatic rings. The molecule has 1 fully saturated rings. The Labute approximate surface area is 129 Å². The van der Waals surface area contributed by atoms with Gasteiger partial charge in [0.05, 0.1) is 12.1 Å². The molecule has 0 aliphatic carbocycles. The van der Waals surface area contributed by atoms with Gasteiger partial charge in [0.15, 0.2) is 0 Å². The van der Waals surface area contributed by atoms with Crippen LogP contribution in [-0.2, 0) is 14.8 Å². The van der Waals surface area contributed by atoms with Crippen LogP contribution in [0.15, 0.2) is 29.2 Å². The van der Waals surface area contributed by atoms with Gasteiger partial charge in [-0.1, -0.05) is 23.7 Å². The summed E-state index contributed by atoms with van der Waals surface area (Å²) in [7, 11) is -2.34. The molecule has 0 spiro atoms. The molecule has 21 heavy (non-hydrogen) atoms. The van der Waals surface area contributed by atoms with E-state index >= 15 is 0 Å². The van der Waals surface area contributed by atoms with Gasteiger partial charge in [-0.05, 0) is 18.6 Å². The van der Waals surface area contributed by atoms with Crippen LogP contribution in [-0.4, -0.2) is 57.0 Å². The van der Waals surface area contributed by atoms with Crippen LogP contribution in [0.5, 0.6) is 0 Å². The SMILES string of the molecule is COC(=O)N1CCCN(S(=O)(=O)c2ccccc2Cl)CC1. The van der Waals surface area contributed by atoms with Crippen LogP contribution in [0.3, 0.4) is 0 Å². The van der Waals surface area contributed by atoms with Crippen LogP contribution in [0, 0.1) is 0 Å². The van der Waals surface area contributed by atoms with Gasteiger partial charge >= 0.3 is 6.09 Å². The second-order valence-electron chi connectivity index (χ2n) is 4.65. The standard InChI is InChI=1S/C13H17ClN2O4S/c1-20-13(17)15-7-4-8-16(10-9-15)21(18,19)12-6-3-2-5-11(12)14/h2-3,5-6H,4,7-10H2,1H3. The molecule has 1 aromatic carbocycles. The van der Waals surface area contributed by atoms with Gasteiger partial charge in [0.1, 0.15) is 4.90 Å². The number of sulfonamides is 1. The Morgan fingerprint density at radius 2 is 1.90 bits per heavy atom.